The van der Waals surface area contributed by atoms with Crippen LogP contribution in [0.4, 0.5) is 0 Å². The number of halogens is 2. The van der Waals surface area contributed by atoms with Gasteiger partial charge in [0.1, 0.15) is 21.4 Å². The smallest absolute Gasteiger partial charge is 0.257 e. The van der Waals surface area contributed by atoms with E-state index >= 15 is 0 Å². The van der Waals surface area contributed by atoms with E-state index in [2.05, 4.69) is 15.5 Å². The van der Waals surface area contributed by atoms with Gasteiger partial charge >= 0.3 is 0 Å². The molecule has 7 heteroatoms. The number of carbonyl (C=O) groups excluding carboxylic acids is 1. The molecule has 0 saturated heterocycles. The minimum absolute atomic E-state index is 0.0293. The summed E-state index contributed by atoms with van der Waals surface area (Å²) in [5.41, 5.74) is 1.43. The number of amides is 1. The molecular weight excluding hydrogens is 313 g/mol. The SMILES string of the molecule is Cc1onc(-c2ccccn2)c1C(=O)NC1CC(Cl)(Cl)C1. The number of pyridine rings is 1. The second kappa shape index (κ2) is 5.31. The Balaban J connectivity index is 1.82. The summed E-state index contributed by atoms with van der Waals surface area (Å²) >= 11 is 11.9. The fourth-order valence-corrected chi connectivity index (χ4v) is 3.08. The van der Waals surface area contributed by atoms with Gasteiger partial charge in [-0.05, 0) is 19.1 Å². The van der Waals surface area contributed by atoms with Gasteiger partial charge in [0.2, 0.25) is 0 Å². The van der Waals surface area contributed by atoms with E-state index in [1.807, 2.05) is 6.07 Å². The third-order valence-electron chi connectivity index (χ3n) is 3.42. The van der Waals surface area contributed by atoms with Crippen LogP contribution >= 0.6 is 23.2 Å². The van der Waals surface area contributed by atoms with Gasteiger partial charge in [-0.2, -0.15) is 0 Å². The highest BCUT2D eigenvalue weighted by Gasteiger charge is 2.42. The number of alkyl halides is 2. The summed E-state index contributed by atoms with van der Waals surface area (Å²) in [7, 11) is 0. The normalized spacial score (nSPS) is 17.3. The maximum Gasteiger partial charge on any atom is 0.257 e. The highest BCUT2D eigenvalue weighted by atomic mass is 35.5. The molecule has 0 aromatic carbocycles. The van der Waals surface area contributed by atoms with Crippen LogP contribution in [-0.4, -0.2) is 26.4 Å². The Labute approximate surface area is 131 Å². The Hall–Kier alpha value is -1.59. The van der Waals surface area contributed by atoms with Crippen LogP contribution in [-0.2, 0) is 0 Å². The molecule has 1 amide bonds. The zero-order valence-corrected chi connectivity index (χ0v) is 12.8. The lowest BCUT2D eigenvalue weighted by molar-refractivity contribution is 0.0913. The average molecular weight is 326 g/mol. The molecule has 21 heavy (non-hydrogen) atoms. The van der Waals surface area contributed by atoms with E-state index in [0.29, 0.717) is 35.6 Å². The van der Waals surface area contributed by atoms with E-state index in [1.54, 1.807) is 25.3 Å². The lowest BCUT2D eigenvalue weighted by atomic mass is 9.91. The first-order valence-electron chi connectivity index (χ1n) is 6.53. The van der Waals surface area contributed by atoms with Crippen molar-refractivity contribution >= 4 is 29.1 Å². The molecule has 1 aliphatic rings. The first kappa shape index (κ1) is 14.4. The van der Waals surface area contributed by atoms with Crippen molar-refractivity contribution in [2.75, 3.05) is 0 Å². The second-order valence-electron chi connectivity index (χ2n) is 5.11. The molecule has 2 heterocycles. The van der Waals surface area contributed by atoms with Gasteiger partial charge in [0.05, 0.1) is 5.69 Å². The van der Waals surface area contributed by atoms with Crippen LogP contribution in [0.25, 0.3) is 11.4 Å². The molecule has 0 spiro atoms. The van der Waals surface area contributed by atoms with Gasteiger partial charge in [-0.1, -0.05) is 11.2 Å². The number of aromatic nitrogens is 2. The van der Waals surface area contributed by atoms with Crippen molar-refractivity contribution in [3.8, 4) is 11.4 Å². The van der Waals surface area contributed by atoms with Crippen molar-refractivity contribution in [3.63, 3.8) is 0 Å². The van der Waals surface area contributed by atoms with E-state index in [-0.39, 0.29) is 11.9 Å². The van der Waals surface area contributed by atoms with Crippen LogP contribution < -0.4 is 5.32 Å². The van der Waals surface area contributed by atoms with Crippen molar-refractivity contribution in [2.45, 2.75) is 30.1 Å². The lowest BCUT2D eigenvalue weighted by Crippen LogP contribution is -2.49. The number of nitrogens with zero attached hydrogens (tertiary/aromatic N) is 2. The average Bonchev–Trinajstić information content (AvgIpc) is 2.79. The standard InChI is InChI=1S/C14H13Cl2N3O2/c1-8-11(13(20)18-9-6-14(15,16)7-9)12(19-21-8)10-4-2-3-5-17-10/h2-5,9H,6-7H2,1H3,(H,18,20). The van der Waals surface area contributed by atoms with Crippen molar-refractivity contribution in [1.82, 2.24) is 15.5 Å². The highest BCUT2D eigenvalue weighted by Crippen LogP contribution is 2.42. The maximum atomic E-state index is 12.4. The van der Waals surface area contributed by atoms with Gasteiger partial charge in [0.15, 0.2) is 0 Å². The van der Waals surface area contributed by atoms with Crippen LogP contribution in [0.5, 0.6) is 0 Å². The van der Waals surface area contributed by atoms with Gasteiger partial charge < -0.3 is 9.84 Å². The number of rotatable bonds is 3. The largest absolute Gasteiger partial charge is 0.360 e. The van der Waals surface area contributed by atoms with Gasteiger partial charge in [-0.25, -0.2) is 0 Å². The fraction of sp³-hybridized carbons (Fsp3) is 0.357. The molecule has 1 fully saturated rings. The summed E-state index contributed by atoms with van der Waals surface area (Å²) in [6.07, 6.45) is 2.71. The van der Waals surface area contributed by atoms with Crippen LogP contribution in [0.3, 0.4) is 0 Å². The monoisotopic (exact) mass is 325 g/mol. The summed E-state index contributed by atoms with van der Waals surface area (Å²) in [4.78, 5) is 16.6. The van der Waals surface area contributed by atoms with Crippen molar-refractivity contribution in [3.05, 3.63) is 35.7 Å². The first-order valence-corrected chi connectivity index (χ1v) is 7.28. The molecule has 0 radical (unpaired) electrons. The Morgan fingerprint density at radius 3 is 2.81 bits per heavy atom. The molecule has 0 aliphatic heterocycles. The third kappa shape index (κ3) is 2.89. The predicted octanol–water partition coefficient (Wildman–Crippen LogP) is 3.11. The highest BCUT2D eigenvalue weighted by molar-refractivity contribution is 6.49. The number of carbonyl (C=O) groups is 1. The molecule has 5 nitrogen and oxygen atoms in total. The first-order chi connectivity index (χ1) is 9.96. The molecule has 0 bridgehead atoms. The number of nitrogens with one attached hydrogen (secondary N) is 1. The molecule has 1 N–H and O–H groups in total. The van der Waals surface area contributed by atoms with Crippen molar-refractivity contribution in [1.29, 1.82) is 0 Å². The maximum absolute atomic E-state index is 12.4. The Morgan fingerprint density at radius 2 is 2.19 bits per heavy atom. The molecule has 0 atom stereocenters. The minimum Gasteiger partial charge on any atom is -0.360 e. The molecule has 2 aromatic rings. The summed E-state index contributed by atoms with van der Waals surface area (Å²) in [6.45, 7) is 1.70. The minimum atomic E-state index is -0.731. The summed E-state index contributed by atoms with van der Waals surface area (Å²) < 4.78 is 4.41. The van der Waals surface area contributed by atoms with Crippen molar-refractivity contribution in [2.24, 2.45) is 0 Å². The van der Waals surface area contributed by atoms with Gasteiger partial charge in [-0.3, -0.25) is 9.78 Å². The van der Waals surface area contributed by atoms with Crippen molar-refractivity contribution < 1.29 is 9.32 Å². The van der Waals surface area contributed by atoms with Crippen LogP contribution in [0.1, 0.15) is 29.0 Å². The molecule has 110 valence electrons. The van der Waals surface area contributed by atoms with Crippen LogP contribution in [0, 0.1) is 6.92 Å². The van der Waals surface area contributed by atoms with E-state index in [4.69, 9.17) is 27.7 Å². The molecule has 3 rings (SSSR count). The molecule has 1 saturated carbocycles. The Bertz CT molecular complexity index is 662. The van der Waals surface area contributed by atoms with E-state index in [0.717, 1.165) is 0 Å². The van der Waals surface area contributed by atoms with Gasteiger partial charge in [-0.15, -0.1) is 23.2 Å². The lowest BCUT2D eigenvalue weighted by Gasteiger charge is -2.38. The predicted molar refractivity (Wildman–Crippen MR) is 79.4 cm³/mol. The number of aryl methyl sites for hydroxylation is 1. The Kier molecular flexibility index (Phi) is 3.63. The molecule has 2 aromatic heterocycles. The third-order valence-corrected chi connectivity index (χ3v) is 4.04. The van der Waals surface area contributed by atoms with E-state index in [1.165, 1.54) is 0 Å². The Morgan fingerprint density at radius 1 is 1.43 bits per heavy atom. The fourth-order valence-electron chi connectivity index (χ4n) is 2.34. The molecular formula is C14H13Cl2N3O2. The summed E-state index contributed by atoms with van der Waals surface area (Å²) in [6, 6.07) is 5.37. The molecule has 0 unspecified atom stereocenters. The van der Waals surface area contributed by atoms with E-state index < -0.39 is 4.33 Å². The quantitative estimate of drug-likeness (QED) is 0.880. The topological polar surface area (TPSA) is 68.0 Å². The van der Waals surface area contributed by atoms with Crippen LogP contribution in [0.15, 0.2) is 28.9 Å². The molecule has 1 aliphatic carbocycles. The number of hydrogen-bond donors (Lipinski definition) is 1. The van der Waals surface area contributed by atoms with Crippen LogP contribution in [0.2, 0.25) is 0 Å². The van der Waals surface area contributed by atoms with E-state index in [9.17, 15) is 4.79 Å². The zero-order valence-electron chi connectivity index (χ0n) is 11.3. The summed E-state index contributed by atoms with van der Waals surface area (Å²) in [5, 5.41) is 6.83. The van der Waals surface area contributed by atoms with Gasteiger partial charge in [0.25, 0.3) is 5.91 Å². The zero-order chi connectivity index (χ0) is 15.0. The second-order valence-corrected chi connectivity index (χ2v) is 6.75. The summed E-state index contributed by atoms with van der Waals surface area (Å²) in [5.74, 6) is 0.207. The van der Waals surface area contributed by atoms with Gasteiger partial charge in [0, 0.05) is 25.1 Å². The number of hydrogen-bond acceptors (Lipinski definition) is 4.